The number of rotatable bonds is 9. The molecule has 3 rings (SSSR count). The summed E-state index contributed by atoms with van der Waals surface area (Å²) in [6, 6.07) is 11.7. The highest BCUT2D eigenvalue weighted by Gasteiger charge is 2.39. The van der Waals surface area contributed by atoms with E-state index in [1.165, 1.54) is 24.1 Å². The van der Waals surface area contributed by atoms with Crippen molar-refractivity contribution in [3.63, 3.8) is 0 Å². The number of carbonyl (C=O) groups is 2. The van der Waals surface area contributed by atoms with Crippen LogP contribution in [0.3, 0.4) is 0 Å². The molecule has 0 radical (unpaired) electrons. The van der Waals surface area contributed by atoms with Crippen LogP contribution in [0.15, 0.2) is 48.5 Å². The van der Waals surface area contributed by atoms with E-state index < -0.39 is 18.4 Å². The molecule has 2 atom stereocenters. The fraction of sp³-hybridized carbons (Fsp3) is 0.417. The monoisotopic (exact) mass is 510 g/mol. The predicted octanol–water partition coefficient (Wildman–Crippen LogP) is 3.94. The summed E-state index contributed by atoms with van der Waals surface area (Å²) in [6.45, 7) is 2.89. The highest BCUT2D eigenvalue weighted by atomic mass is 19.4. The molecule has 1 fully saturated rings. The van der Waals surface area contributed by atoms with Crippen LogP contribution in [0.2, 0.25) is 0 Å². The van der Waals surface area contributed by atoms with Gasteiger partial charge in [0.15, 0.2) is 0 Å². The zero-order chi connectivity index (χ0) is 26.3. The third-order valence-corrected chi connectivity index (χ3v) is 5.49. The van der Waals surface area contributed by atoms with Gasteiger partial charge in [0.2, 0.25) is 5.91 Å². The molecule has 2 N–H and O–H groups in total. The van der Waals surface area contributed by atoms with E-state index in [4.69, 9.17) is 9.47 Å². The Bertz CT molecular complexity index is 1020. The first-order chi connectivity index (χ1) is 17.1. The van der Waals surface area contributed by atoms with E-state index in [9.17, 15) is 22.8 Å². The van der Waals surface area contributed by atoms with E-state index in [1.807, 2.05) is 31.2 Å². The number of nitrogens with zero attached hydrogens (tertiary/aromatic N) is 2. The Morgan fingerprint density at radius 2 is 1.75 bits per heavy atom. The zero-order valence-electron chi connectivity index (χ0n) is 20.2. The summed E-state index contributed by atoms with van der Waals surface area (Å²) in [4.78, 5) is 26.3. The van der Waals surface area contributed by atoms with Crippen LogP contribution in [0.5, 0.6) is 11.5 Å². The number of amides is 2. The van der Waals surface area contributed by atoms with Gasteiger partial charge in [-0.15, -0.1) is 13.2 Å². The number of anilines is 1. The quantitative estimate of drug-likeness (QED) is 0.528. The summed E-state index contributed by atoms with van der Waals surface area (Å²) < 4.78 is 51.3. The molecule has 0 bridgehead atoms. The first-order valence-corrected chi connectivity index (χ1v) is 11.3. The lowest BCUT2D eigenvalue weighted by Gasteiger charge is -2.27. The van der Waals surface area contributed by atoms with Crippen LogP contribution in [0, 0.1) is 0 Å². The van der Waals surface area contributed by atoms with E-state index in [0.29, 0.717) is 18.8 Å². The molecule has 12 heteroatoms. The van der Waals surface area contributed by atoms with Crippen LogP contribution in [-0.4, -0.2) is 68.2 Å². The molecular formula is C24H29F3N4O5. The van der Waals surface area contributed by atoms with E-state index in [2.05, 4.69) is 15.5 Å². The lowest BCUT2D eigenvalue weighted by atomic mass is 10.0. The molecule has 9 nitrogen and oxygen atoms in total. The Hall–Kier alpha value is -3.51. The molecule has 0 spiro atoms. The third-order valence-electron chi connectivity index (χ3n) is 5.49. The normalized spacial score (nSPS) is 17.9. The first kappa shape index (κ1) is 27.1. The van der Waals surface area contributed by atoms with E-state index >= 15 is 0 Å². The van der Waals surface area contributed by atoms with Crippen LogP contribution in [0.1, 0.15) is 24.9 Å². The van der Waals surface area contributed by atoms with Crippen LogP contribution in [0.25, 0.3) is 0 Å². The van der Waals surface area contributed by atoms with Crippen LogP contribution >= 0.6 is 0 Å². The fourth-order valence-corrected chi connectivity index (χ4v) is 3.80. The number of ether oxygens (including phenoxy) is 3. The van der Waals surface area contributed by atoms with Crippen molar-refractivity contribution in [1.82, 2.24) is 15.3 Å². The van der Waals surface area contributed by atoms with Crippen molar-refractivity contribution < 1.29 is 37.0 Å². The summed E-state index contributed by atoms with van der Waals surface area (Å²) in [5, 5.41) is 4.31. The van der Waals surface area contributed by atoms with Gasteiger partial charge in [-0.25, -0.2) is 15.2 Å². The van der Waals surface area contributed by atoms with E-state index in [-0.39, 0.29) is 24.4 Å². The van der Waals surface area contributed by atoms with Gasteiger partial charge in [0.25, 0.3) is 0 Å². The molecule has 1 aliphatic rings. The lowest BCUT2D eigenvalue weighted by molar-refractivity contribution is -0.274. The standard InChI is InChI=1S/C24H29F3N4O5/c1-4-13-35-18-9-5-16(6-10-18)22-20(30(2)23(33)34-3)14-31(29-22)15-21(32)28-17-7-11-19(12-8-17)36-24(25,26)27/h5-12,20,22,29H,4,13-15H2,1-3H3,(H,28,32). The fourth-order valence-electron chi connectivity index (χ4n) is 3.80. The molecule has 1 saturated heterocycles. The summed E-state index contributed by atoms with van der Waals surface area (Å²) in [5.41, 5.74) is 4.48. The van der Waals surface area contributed by atoms with Gasteiger partial charge < -0.3 is 24.4 Å². The Morgan fingerprint density at radius 1 is 1.11 bits per heavy atom. The number of benzene rings is 2. The molecular weight excluding hydrogens is 481 g/mol. The van der Waals surface area contributed by atoms with Gasteiger partial charge in [0, 0.05) is 19.3 Å². The van der Waals surface area contributed by atoms with Gasteiger partial charge in [-0.1, -0.05) is 19.1 Å². The molecule has 36 heavy (non-hydrogen) atoms. The van der Waals surface area contributed by atoms with Crippen molar-refractivity contribution in [2.24, 2.45) is 0 Å². The number of carbonyl (C=O) groups excluding carboxylic acids is 2. The van der Waals surface area contributed by atoms with Gasteiger partial charge in [-0.3, -0.25) is 4.79 Å². The first-order valence-electron chi connectivity index (χ1n) is 11.3. The minimum Gasteiger partial charge on any atom is -0.494 e. The molecule has 196 valence electrons. The smallest absolute Gasteiger partial charge is 0.494 e. The number of hydrogen-bond acceptors (Lipinski definition) is 7. The zero-order valence-corrected chi connectivity index (χ0v) is 20.2. The largest absolute Gasteiger partial charge is 0.573 e. The minimum atomic E-state index is -4.79. The van der Waals surface area contributed by atoms with Gasteiger partial charge in [-0.05, 0) is 48.4 Å². The number of methoxy groups -OCH3 is 1. The average Bonchev–Trinajstić information content (AvgIpc) is 3.25. The number of hydrogen-bond donors (Lipinski definition) is 2. The Balaban J connectivity index is 1.66. The average molecular weight is 511 g/mol. The number of alkyl halides is 3. The summed E-state index contributed by atoms with van der Waals surface area (Å²) in [5.74, 6) is -0.0425. The molecule has 0 saturated carbocycles. The topological polar surface area (TPSA) is 92.4 Å². The summed E-state index contributed by atoms with van der Waals surface area (Å²) in [7, 11) is 2.92. The van der Waals surface area contributed by atoms with Crippen molar-refractivity contribution in [3.8, 4) is 11.5 Å². The van der Waals surface area contributed by atoms with E-state index in [1.54, 1.807) is 12.1 Å². The lowest BCUT2D eigenvalue weighted by Crippen LogP contribution is -2.42. The van der Waals surface area contributed by atoms with Gasteiger partial charge in [0.05, 0.1) is 32.3 Å². The van der Waals surface area contributed by atoms with Crippen LogP contribution in [0.4, 0.5) is 23.7 Å². The molecule has 2 aromatic rings. The second-order valence-electron chi connectivity index (χ2n) is 8.17. The second kappa shape index (κ2) is 12.0. The van der Waals surface area contributed by atoms with Gasteiger partial charge >= 0.3 is 12.5 Å². The van der Waals surface area contributed by atoms with Gasteiger partial charge in [0.1, 0.15) is 11.5 Å². The maximum atomic E-state index is 12.6. The Morgan fingerprint density at radius 3 is 2.33 bits per heavy atom. The maximum absolute atomic E-state index is 12.6. The summed E-state index contributed by atoms with van der Waals surface area (Å²) >= 11 is 0. The van der Waals surface area contributed by atoms with Crippen LogP contribution in [-0.2, 0) is 9.53 Å². The molecule has 0 aliphatic carbocycles. The van der Waals surface area contributed by atoms with Crippen molar-refractivity contribution in [3.05, 3.63) is 54.1 Å². The van der Waals surface area contributed by atoms with Crippen molar-refractivity contribution >= 4 is 17.7 Å². The van der Waals surface area contributed by atoms with Crippen molar-refractivity contribution in [1.29, 1.82) is 0 Å². The van der Waals surface area contributed by atoms with Crippen molar-refractivity contribution in [2.75, 3.05) is 39.2 Å². The number of likely N-dealkylation sites (N-methyl/N-ethyl adjacent to an activating group) is 1. The molecule has 2 unspecified atom stereocenters. The summed E-state index contributed by atoms with van der Waals surface area (Å²) in [6.07, 6.45) is -4.41. The SMILES string of the molecule is CCCOc1ccc(C2NN(CC(=O)Nc3ccc(OC(F)(F)F)cc3)CC2N(C)C(=O)OC)cc1. The molecule has 2 amide bonds. The van der Waals surface area contributed by atoms with E-state index in [0.717, 1.165) is 29.9 Å². The molecule has 1 heterocycles. The second-order valence-corrected chi connectivity index (χ2v) is 8.17. The Kier molecular flexibility index (Phi) is 8.99. The maximum Gasteiger partial charge on any atom is 0.573 e. The van der Waals surface area contributed by atoms with Crippen LogP contribution < -0.4 is 20.2 Å². The number of halogens is 3. The number of nitrogens with one attached hydrogen (secondary N) is 2. The highest BCUT2D eigenvalue weighted by molar-refractivity contribution is 5.92. The third kappa shape index (κ3) is 7.49. The molecule has 0 aromatic heterocycles. The molecule has 2 aromatic carbocycles. The minimum absolute atomic E-state index is 0.0689. The number of hydrazine groups is 1. The van der Waals surface area contributed by atoms with Gasteiger partial charge in [-0.2, -0.15) is 0 Å². The van der Waals surface area contributed by atoms with Crippen molar-refractivity contribution in [2.45, 2.75) is 31.8 Å². The predicted molar refractivity (Wildman–Crippen MR) is 125 cm³/mol. The Labute approximate surface area is 207 Å². The molecule has 1 aliphatic heterocycles. The highest BCUT2D eigenvalue weighted by Crippen LogP contribution is 2.29.